The number of H-pyrrole nitrogens is 1. The van der Waals surface area contributed by atoms with E-state index < -0.39 is 0 Å². The van der Waals surface area contributed by atoms with Crippen LogP contribution in [0.5, 0.6) is 5.75 Å². The molecule has 1 aromatic carbocycles. The molecule has 0 atom stereocenters. The molecule has 0 aliphatic rings. The average Bonchev–Trinajstić information content (AvgIpc) is 2.86. The number of fused-ring (bicyclic) bond motifs is 1. The van der Waals surface area contributed by atoms with E-state index in [2.05, 4.69) is 42.9 Å². The highest BCUT2D eigenvalue weighted by atomic mass is 16.5. The zero-order valence-electron chi connectivity index (χ0n) is 13.1. The van der Waals surface area contributed by atoms with Gasteiger partial charge in [0, 0.05) is 30.2 Å². The van der Waals surface area contributed by atoms with Gasteiger partial charge in [0.2, 0.25) is 0 Å². The molecular formula is C17H26N2O. The molecule has 0 aliphatic heterocycles. The van der Waals surface area contributed by atoms with Crippen LogP contribution >= 0.6 is 0 Å². The normalized spacial score (nSPS) is 11.7. The largest absolute Gasteiger partial charge is 0.496 e. The molecule has 1 aromatic heterocycles. The van der Waals surface area contributed by atoms with Gasteiger partial charge in [-0.25, -0.2) is 0 Å². The Labute approximate surface area is 121 Å². The smallest absolute Gasteiger partial charge is 0.128 e. The minimum absolute atomic E-state index is 0.715. The second-order valence-corrected chi connectivity index (χ2v) is 5.73. The van der Waals surface area contributed by atoms with Gasteiger partial charge < -0.3 is 14.6 Å². The maximum absolute atomic E-state index is 5.49. The first kappa shape index (κ1) is 14.9. The lowest BCUT2D eigenvalue weighted by Crippen LogP contribution is -2.29. The van der Waals surface area contributed by atoms with Gasteiger partial charge >= 0.3 is 0 Å². The van der Waals surface area contributed by atoms with Gasteiger partial charge in [0.05, 0.1) is 7.11 Å². The van der Waals surface area contributed by atoms with Crippen molar-refractivity contribution in [2.45, 2.75) is 27.2 Å². The molecule has 0 amide bonds. The lowest BCUT2D eigenvalue weighted by Gasteiger charge is -2.22. The molecule has 1 N–H and O–H groups in total. The quantitative estimate of drug-likeness (QED) is 0.834. The number of nitrogens with one attached hydrogen (secondary N) is 1. The third-order valence-corrected chi connectivity index (χ3v) is 3.74. The number of likely N-dealkylation sites (N-methyl/N-ethyl adjacent to an activating group) is 1. The topological polar surface area (TPSA) is 28.3 Å². The number of hydrogen-bond donors (Lipinski definition) is 1. The Balaban J connectivity index is 2.13. The number of aromatic nitrogens is 1. The highest BCUT2D eigenvalue weighted by Crippen LogP contribution is 2.28. The Morgan fingerprint density at radius 3 is 2.75 bits per heavy atom. The molecule has 0 saturated heterocycles. The van der Waals surface area contributed by atoms with Crippen LogP contribution in [-0.2, 0) is 6.42 Å². The monoisotopic (exact) mass is 274 g/mol. The maximum Gasteiger partial charge on any atom is 0.128 e. The molecule has 0 bridgehead atoms. The van der Waals surface area contributed by atoms with Crippen molar-refractivity contribution >= 4 is 10.9 Å². The summed E-state index contributed by atoms with van der Waals surface area (Å²) in [4.78, 5) is 5.86. The molecule has 3 nitrogen and oxygen atoms in total. The van der Waals surface area contributed by atoms with Gasteiger partial charge in [0.25, 0.3) is 0 Å². The van der Waals surface area contributed by atoms with Crippen LogP contribution in [0.2, 0.25) is 0 Å². The number of nitrogens with zero attached hydrogens (tertiary/aromatic N) is 1. The van der Waals surface area contributed by atoms with Crippen molar-refractivity contribution in [3.8, 4) is 5.75 Å². The minimum atomic E-state index is 0.715. The van der Waals surface area contributed by atoms with Gasteiger partial charge in [-0.3, -0.25) is 0 Å². The van der Waals surface area contributed by atoms with Crippen LogP contribution in [0.3, 0.4) is 0 Å². The van der Waals surface area contributed by atoms with Crippen molar-refractivity contribution in [3.63, 3.8) is 0 Å². The molecule has 0 radical (unpaired) electrons. The summed E-state index contributed by atoms with van der Waals surface area (Å²) in [5.41, 5.74) is 2.51. The molecular weight excluding hydrogens is 248 g/mol. The van der Waals surface area contributed by atoms with E-state index in [1.165, 1.54) is 10.9 Å². The Morgan fingerprint density at radius 1 is 1.30 bits per heavy atom. The third-order valence-electron chi connectivity index (χ3n) is 3.74. The van der Waals surface area contributed by atoms with E-state index in [-0.39, 0.29) is 0 Å². The molecule has 0 aliphatic carbocycles. The third kappa shape index (κ3) is 3.34. The number of rotatable bonds is 7. The second-order valence-electron chi connectivity index (χ2n) is 5.73. The van der Waals surface area contributed by atoms with Crippen molar-refractivity contribution in [2.24, 2.45) is 5.92 Å². The van der Waals surface area contributed by atoms with Gasteiger partial charge in [-0.05, 0) is 36.6 Å². The fourth-order valence-corrected chi connectivity index (χ4v) is 2.76. The number of benzene rings is 1. The van der Waals surface area contributed by atoms with Gasteiger partial charge in [0.1, 0.15) is 5.75 Å². The minimum Gasteiger partial charge on any atom is -0.496 e. The van der Waals surface area contributed by atoms with Crippen LogP contribution in [0.4, 0.5) is 0 Å². The lowest BCUT2D eigenvalue weighted by molar-refractivity contribution is 0.259. The maximum atomic E-state index is 5.49. The first-order chi connectivity index (χ1) is 9.65. The van der Waals surface area contributed by atoms with E-state index >= 15 is 0 Å². The molecule has 2 rings (SSSR count). The van der Waals surface area contributed by atoms with Gasteiger partial charge in [-0.15, -0.1) is 0 Å². The van der Waals surface area contributed by atoms with Gasteiger partial charge in [-0.1, -0.05) is 26.8 Å². The fourth-order valence-electron chi connectivity index (χ4n) is 2.76. The average molecular weight is 274 g/mol. The summed E-state index contributed by atoms with van der Waals surface area (Å²) < 4.78 is 5.49. The lowest BCUT2D eigenvalue weighted by atomic mass is 10.1. The summed E-state index contributed by atoms with van der Waals surface area (Å²) in [6.45, 7) is 10.2. The Bertz CT molecular complexity index is 545. The number of ether oxygens (including phenoxy) is 1. The molecule has 0 fully saturated rings. The first-order valence-electron chi connectivity index (χ1n) is 7.51. The molecule has 0 saturated carbocycles. The zero-order valence-corrected chi connectivity index (χ0v) is 13.1. The Morgan fingerprint density at radius 2 is 2.10 bits per heavy atom. The summed E-state index contributed by atoms with van der Waals surface area (Å²) >= 11 is 0. The summed E-state index contributed by atoms with van der Waals surface area (Å²) in [5, 5.41) is 1.23. The highest BCUT2D eigenvalue weighted by Gasteiger charge is 2.11. The Hall–Kier alpha value is -1.48. The summed E-state index contributed by atoms with van der Waals surface area (Å²) in [5.74, 6) is 1.68. The first-order valence-corrected chi connectivity index (χ1v) is 7.51. The van der Waals surface area contributed by atoms with Gasteiger partial charge in [-0.2, -0.15) is 0 Å². The number of hydrogen-bond acceptors (Lipinski definition) is 2. The highest BCUT2D eigenvalue weighted by molar-refractivity contribution is 5.89. The van der Waals surface area contributed by atoms with E-state index in [1.54, 1.807) is 7.11 Å². The standard InChI is InChI=1S/C17H26N2O/c1-5-19(12-13(2)3)10-9-14-11-18-15-7-6-8-16(20-4)17(14)15/h6-8,11,13,18H,5,9-10,12H2,1-4H3. The van der Waals surface area contributed by atoms with Crippen LogP contribution in [0.25, 0.3) is 10.9 Å². The van der Waals surface area contributed by atoms with Crippen LogP contribution in [0.1, 0.15) is 26.3 Å². The van der Waals surface area contributed by atoms with E-state index in [9.17, 15) is 0 Å². The van der Waals surface area contributed by atoms with E-state index in [1.807, 2.05) is 12.1 Å². The van der Waals surface area contributed by atoms with Crippen LogP contribution in [-0.4, -0.2) is 36.6 Å². The molecule has 1 heterocycles. The Kier molecular flexibility index (Phi) is 5.07. The van der Waals surface area contributed by atoms with Crippen LogP contribution < -0.4 is 4.74 Å². The summed E-state index contributed by atoms with van der Waals surface area (Å²) in [6, 6.07) is 6.16. The number of aromatic amines is 1. The van der Waals surface area contributed by atoms with Crippen LogP contribution in [0.15, 0.2) is 24.4 Å². The molecule has 20 heavy (non-hydrogen) atoms. The van der Waals surface area contributed by atoms with E-state index in [0.717, 1.165) is 37.3 Å². The molecule has 3 heteroatoms. The van der Waals surface area contributed by atoms with Crippen molar-refractivity contribution in [3.05, 3.63) is 30.0 Å². The summed E-state index contributed by atoms with van der Waals surface area (Å²) in [6.07, 6.45) is 3.18. The predicted molar refractivity (Wildman–Crippen MR) is 85.5 cm³/mol. The predicted octanol–water partition coefficient (Wildman–Crippen LogP) is 3.70. The molecule has 2 aromatic rings. The molecule has 110 valence electrons. The van der Waals surface area contributed by atoms with Crippen molar-refractivity contribution in [1.82, 2.24) is 9.88 Å². The van der Waals surface area contributed by atoms with Gasteiger partial charge in [0.15, 0.2) is 0 Å². The molecule has 0 spiro atoms. The summed E-state index contributed by atoms with van der Waals surface area (Å²) in [7, 11) is 1.74. The van der Waals surface area contributed by atoms with Crippen LogP contribution in [0, 0.1) is 5.92 Å². The van der Waals surface area contributed by atoms with Crippen molar-refractivity contribution in [1.29, 1.82) is 0 Å². The zero-order chi connectivity index (χ0) is 14.5. The number of methoxy groups -OCH3 is 1. The fraction of sp³-hybridized carbons (Fsp3) is 0.529. The van der Waals surface area contributed by atoms with E-state index in [0.29, 0.717) is 5.92 Å². The SMILES string of the molecule is CCN(CCc1c[nH]c2cccc(OC)c12)CC(C)C. The van der Waals surface area contributed by atoms with Crippen molar-refractivity contribution in [2.75, 3.05) is 26.7 Å². The molecule has 0 unspecified atom stereocenters. The van der Waals surface area contributed by atoms with Crippen molar-refractivity contribution < 1.29 is 4.74 Å². The van der Waals surface area contributed by atoms with E-state index in [4.69, 9.17) is 4.74 Å². The second kappa shape index (κ2) is 6.80.